The summed E-state index contributed by atoms with van der Waals surface area (Å²) in [6.45, 7) is 4.23. The zero-order valence-corrected chi connectivity index (χ0v) is 17.3. The van der Waals surface area contributed by atoms with Gasteiger partial charge < -0.3 is 10.3 Å². The molecule has 0 unspecified atom stereocenters. The molecule has 0 aliphatic heterocycles. The van der Waals surface area contributed by atoms with Crippen molar-refractivity contribution in [1.29, 1.82) is 0 Å². The third-order valence-electron chi connectivity index (χ3n) is 5.53. The summed E-state index contributed by atoms with van der Waals surface area (Å²) in [4.78, 5) is 32.9. The summed E-state index contributed by atoms with van der Waals surface area (Å²) in [6, 6.07) is 17.4. The van der Waals surface area contributed by atoms with Crippen molar-refractivity contribution in [2.45, 2.75) is 37.3 Å². The van der Waals surface area contributed by atoms with E-state index in [1.54, 1.807) is 0 Å². The fourth-order valence-corrected chi connectivity index (χ4v) is 4.50. The molecule has 1 aliphatic rings. The van der Waals surface area contributed by atoms with Crippen molar-refractivity contribution in [1.82, 2.24) is 9.97 Å². The number of carbonyl (C=O) groups excluding carboxylic acids is 1. The quantitative estimate of drug-likeness (QED) is 0.488. The summed E-state index contributed by atoms with van der Waals surface area (Å²) in [5.74, 6) is 0.0314. The molecule has 0 fully saturated rings. The van der Waals surface area contributed by atoms with E-state index in [-0.39, 0.29) is 22.6 Å². The zero-order chi connectivity index (χ0) is 20.4. The third kappa shape index (κ3) is 3.85. The Labute approximate surface area is 174 Å². The number of anilines is 1. The van der Waals surface area contributed by atoms with Crippen molar-refractivity contribution in [3.8, 4) is 11.3 Å². The number of fused-ring (bicyclic) bond motifs is 3. The van der Waals surface area contributed by atoms with E-state index in [0.717, 1.165) is 35.3 Å². The Kier molecular flexibility index (Phi) is 5.28. The molecule has 2 N–H and O–H groups in total. The summed E-state index contributed by atoms with van der Waals surface area (Å²) in [7, 11) is 0. The van der Waals surface area contributed by atoms with Crippen LogP contribution in [-0.2, 0) is 16.6 Å². The summed E-state index contributed by atoms with van der Waals surface area (Å²) in [5, 5.41) is 3.31. The van der Waals surface area contributed by atoms with Crippen LogP contribution < -0.4 is 10.9 Å². The normalized spacial score (nSPS) is 17.3. The van der Waals surface area contributed by atoms with Crippen LogP contribution in [0.25, 0.3) is 11.3 Å². The van der Waals surface area contributed by atoms with Crippen molar-refractivity contribution < 1.29 is 4.79 Å². The molecule has 148 valence electrons. The van der Waals surface area contributed by atoms with Gasteiger partial charge in [0.1, 0.15) is 0 Å². The van der Waals surface area contributed by atoms with E-state index < -0.39 is 0 Å². The number of amides is 1. The Bertz CT molecular complexity index is 1110. The molecule has 4 rings (SSSR count). The van der Waals surface area contributed by atoms with Crippen LogP contribution in [0.4, 0.5) is 5.69 Å². The Morgan fingerprint density at radius 3 is 2.66 bits per heavy atom. The van der Waals surface area contributed by atoms with E-state index in [1.165, 1.54) is 17.3 Å². The summed E-state index contributed by atoms with van der Waals surface area (Å²) < 4.78 is 0. The SMILES string of the molecule is CC[C@@]1(C)Cc2ccccc2-c2nc(SCC(=O)Nc3ccccc3)[nH]c(=O)c21. The zero-order valence-electron chi connectivity index (χ0n) is 16.5. The number of nitrogens with one attached hydrogen (secondary N) is 2. The molecule has 5 nitrogen and oxygen atoms in total. The van der Waals surface area contributed by atoms with E-state index in [2.05, 4.69) is 30.2 Å². The molecule has 29 heavy (non-hydrogen) atoms. The molecule has 0 spiro atoms. The van der Waals surface area contributed by atoms with E-state index in [4.69, 9.17) is 4.98 Å². The number of nitrogens with zero attached hydrogens (tertiary/aromatic N) is 1. The first kappa shape index (κ1) is 19.5. The van der Waals surface area contributed by atoms with Gasteiger partial charge in [0.05, 0.1) is 11.4 Å². The number of thioether (sulfide) groups is 1. The molecule has 0 saturated heterocycles. The van der Waals surface area contributed by atoms with Crippen LogP contribution in [0, 0.1) is 0 Å². The molecular formula is C23H23N3O2S. The van der Waals surface area contributed by atoms with Gasteiger partial charge in [-0.1, -0.05) is 68.1 Å². The molecule has 0 saturated carbocycles. The molecule has 0 bridgehead atoms. The minimum absolute atomic E-state index is 0.111. The standard InChI is InChI=1S/C23H23N3O2S/c1-3-23(2)13-15-9-7-8-12-17(15)20-19(23)21(28)26-22(25-20)29-14-18(27)24-16-10-5-4-6-11-16/h4-12H,3,13-14H2,1-2H3,(H,24,27)(H,25,26,28)/t23-/m0/s1. The van der Waals surface area contributed by atoms with Gasteiger partial charge in [0, 0.05) is 22.2 Å². The number of para-hydroxylation sites is 1. The van der Waals surface area contributed by atoms with E-state index in [9.17, 15) is 9.59 Å². The predicted octanol–water partition coefficient (Wildman–Crippen LogP) is 4.39. The van der Waals surface area contributed by atoms with Gasteiger partial charge in [0.15, 0.2) is 5.16 Å². The number of carbonyl (C=O) groups is 1. The maximum Gasteiger partial charge on any atom is 0.255 e. The number of aromatic amines is 1. The monoisotopic (exact) mass is 405 g/mol. The molecule has 6 heteroatoms. The molecule has 0 radical (unpaired) electrons. The first-order valence-corrected chi connectivity index (χ1v) is 10.7. The Balaban J connectivity index is 1.62. The number of aromatic nitrogens is 2. The van der Waals surface area contributed by atoms with Crippen molar-refractivity contribution in [3.63, 3.8) is 0 Å². The van der Waals surface area contributed by atoms with E-state index in [0.29, 0.717) is 5.16 Å². The maximum absolute atomic E-state index is 13.0. The minimum atomic E-state index is -0.252. The molecule has 1 amide bonds. The molecule has 1 aliphatic carbocycles. The highest BCUT2D eigenvalue weighted by molar-refractivity contribution is 7.99. The van der Waals surface area contributed by atoms with Crippen LogP contribution in [0.2, 0.25) is 0 Å². The van der Waals surface area contributed by atoms with Crippen LogP contribution in [0.3, 0.4) is 0 Å². The lowest BCUT2D eigenvalue weighted by Gasteiger charge is -2.34. The summed E-state index contributed by atoms with van der Waals surface area (Å²) in [5.41, 5.74) is 4.09. The van der Waals surface area contributed by atoms with E-state index >= 15 is 0 Å². The first-order chi connectivity index (χ1) is 14.0. The van der Waals surface area contributed by atoms with Crippen molar-refractivity contribution in [3.05, 3.63) is 76.1 Å². The maximum atomic E-state index is 13.0. The molecule has 1 atom stereocenters. The highest BCUT2D eigenvalue weighted by Gasteiger charge is 2.37. The van der Waals surface area contributed by atoms with Gasteiger partial charge in [0.25, 0.3) is 5.56 Å². The fraction of sp³-hybridized carbons (Fsp3) is 0.261. The first-order valence-electron chi connectivity index (χ1n) is 9.71. The Morgan fingerprint density at radius 2 is 1.90 bits per heavy atom. The van der Waals surface area contributed by atoms with Crippen LogP contribution in [0.1, 0.15) is 31.4 Å². The number of benzene rings is 2. The average Bonchev–Trinajstić information content (AvgIpc) is 2.73. The number of hydrogen-bond donors (Lipinski definition) is 2. The highest BCUT2D eigenvalue weighted by Crippen LogP contribution is 2.42. The summed E-state index contributed by atoms with van der Waals surface area (Å²) in [6.07, 6.45) is 1.68. The average molecular weight is 406 g/mol. The van der Waals surface area contributed by atoms with Crippen LogP contribution in [0.5, 0.6) is 0 Å². The number of H-pyrrole nitrogens is 1. The highest BCUT2D eigenvalue weighted by atomic mass is 32.2. The van der Waals surface area contributed by atoms with Gasteiger partial charge >= 0.3 is 0 Å². The third-order valence-corrected chi connectivity index (χ3v) is 6.41. The van der Waals surface area contributed by atoms with Gasteiger partial charge in [-0.15, -0.1) is 0 Å². The van der Waals surface area contributed by atoms with Gasteiger partial charge in [-0.2, -0.15) is 0 Å². The van der Waals surface area contributed by atoms with Crippen molar-refractivity contribution in [2.24, 2.45) is 0 Å². The lowest BCUT2D eigenvalue weighted by Crippen LogP contribution is -2.36. The van der Waals surface area contributed by atoms with Crippen LogP contribution in [0.15, 0.2) is 64.5 Å². The smallest absolute Gasteiger partial charge is 0.255 e. The van der Waals surface area contributed by atoms with Crippen molar-refractivity contribution >= 4 is 23.4 Å². The van der Waals surface area contributed by atoms with Crippen molar-refractivity contribution in [2.75, 3.05) is 11.1 Å². The largest absolute Gasteiger partial charge is 0.325 e. The Hall–Kier alpha value is -2.86. The second-order valence-corrected chi connectivity index (χ2v) is 8.51. The number of rotatable bonds is 5. The van der Waals surface area contributed by atoms with Gasteiger partial charge in [-0.05, 0) is 30.5 Å². The second-order valence-electron chi connectivity index (χ2n) is 7.55. The number of hydrogen-bond acceptors (Lipinski definition) is 4. The van der Waals surface area contributed by atoms with Gasteiger partial charge in [0.2, 0.25) is 5.91 Å². The lowest BCUT2D eigenvalue weighted by atomic mass is 9.69. The van der Waals surface area contributed by atoms with Gasteiger partial charge in [-0.25, -0.2) is 4.98 Å². The van der Waals surface area contributed by atoms with Gasteiger partial charge in [-0.3, -0.25) is 9.59 Å². The Morgan fingerprint density at radius 1 is 1.17 bits per heavy atom. The lowest BCUT2D eigenvalue weighted by molar-refractivity contribution is -0.113. The molecule has 2 aromatic carbocycles. The van der Waals surface area contributed by atoms with Crippen LogP contribution in [-0.4, -0.2) is 21.6 Å². The van der Waals surface area contributed by atoms with Crippen LogP contribution >= 0.6 is 11.8 Å². The predicted molar refractivity (Wildman–Crippen MR) is 117 cm³/mol. The molecule has 3 aromatic rings. The van der Waals surface area contributed by atoms with E-state index in [1.807, 2.05) is 48.5 Å². The topological polar surface area (TPSA) is 74.8 Å². The minimum Gasteiger partial charge on any atom is -0.325 e. The molecular weight excluding hydrogens is 382 g/mol. The molecule has 1 aromatic heterocycles. The summed E-state index contributed by atoms with van der Waals surface area (Å²) >= 11 is 1.24. The molecule has 1 heterocycles. The fourth-order valence-electron chi connectivity index (χ4n) is 3.84. The second kappa shape index (κ2) is 7.87.